The van der Waals surface area contributed by atoms with E-state index in [-0.39, 0.29) is 10.6 Å². The summed E-state index contributed by atoms with van der Waals surface area (Å²) in [5, 5.41) is 12.1. The van der Waals surface area contributed by atoms with Crippen LogP contribution in [0.2, 0.25) is 0 Å². The van der Waals surface area contributed by atoms with Crippen LogP contribution in [0.15, 0.2) is 18.2 Å². The first-order valence-electron chi connectivity index (χ1n) is 4.55. The van der Waals surface area contributed by atoms with Gasteiger partial charge in [-0.05, 0) is 27.6 Å². The van der Waals surface area contributed by atoms with Gasteiger partial charge in [0.05, 0.1) is 10.6 Å². The zero-order chi connectivity index (χ0) is 13.5. The fourth-order valence-corrected chi connectivity index (χ4v) is 2.59. The predicted octanol–water partition coefficient (Wildman–Crippen LogP) is 2.97. The highest BCUT2D eigenvalue weighted by molar-refractivity contribution is 7.18. The molecule has 0 bridgehead atoms. The van der Waals surface area contributed by atoms with Crippen LogP contribution in [0, 0.1) is 0 Å². The van der Waals surface area contributed by atoms with Crippen molar-refractivity contribution in [3.05, 3.63) is 28.8 Å². The Bertz CT molecular complexity index is 605. The summed E-state index contributed by atoms with van der Waals surface area (Å²) in [6, 6.07) is 3.67. The SMILES string of the molecule is O=C(O)c1ccc(-c2cc(C(F)(F)F)nn2P)s1. The molecule has 1 unspecified atom stereocenters. The van der Waals surface area contributed by atoms with Gasteiger partial charge < -0.3 is 5.11 Å². The van der Waals surface area contributed by atoms with E-state index in [9.17, 15) is 18.0 Å². The molecule has 0 saturated heterocycles. The quantitative estimate of drug-likeness (QED) is 0.866. The molecule has 2 aromatic heterocycles. The maximum absolute atomic E-state index is 12.5. The minimum atomic E-state index is -4.52. The molecule has 9 heteroatoms. The normalized spacial score (nSPS) is 11.8. The largest absolute Gasteiger partial charge is 0.477 e. The van der Waals surface area contributed by atoms with Gasteiger partial charge in [-0.2, -0.15) is 18.3 Å². The van der Waals surface area contributed by atoms with Gasteiger partial charge in [-0.15, -0.1) is 11.3 Å². The third kappa shape index (κ3) is 2.39. The second-order valence-electron chi connectivity index (χ2n) is 3.33. The third-order valence-corrected chi connectivity index (χ3v) is 3.58. The van der Waals surface area contributed by atoms with Crippen LogP contribution in [0.4, 0.5) is 13.2 Å². The van der Waals surface area contributed by atoms with Crippen molar-refractivity contribution in [1.29, 1.82) is 0 Å². The van der Waals surface area contributed by atoms with Gasteiger partial charge in [0, 0.05) is 0 Å². The summed E-state index contributed by atoms with van der Waals surface area (Å²) in [7, 11) is 2.04. The number of hydrogen-bond acceptors (Lipinski definition) is 3. The second-order valence-corrected chi connectivity index (χ2v) is 4.90. The Morgan fingerprint density at radius 2 is 2.11 bits per heavy atom. The summed E-state index contributed by atoms with van der Waals surface area (Å²) in [4.78, 5) is 11.2. The summed E-state index contributed by atoms with van der Waals surface area (Å²) in [5.41, 5.74) is -0.817. The Morgan fingerprint density at radius 1 is 1.44 bits per heavy atom. The topological polar surface area (TPSA) is 55.1 Å². The van der Waals surface area contributed by atoms with E-state index in [4.69, 9.17) is 5.11 Å². The lowest BCUT2D eigenvalue weighted by atomic mass is 10.3. The van der Waals surface area contributed by atoms with E-state index in [2.05, 4.69) is 5.10 Å². The average molecular weight is 294 g/mol. The zero-order valence-electron chi connectivity index (χ0n) is 8.60. The lowest BCUT2D eigenvalue weighted by Crippen LogP contribution is -2.05. The molecule has 0 spiro atoms. The number of aromatic nitrogens is 2. The van der Waals surface area contributed by atoms with Gasteiger partial charge in [-0.1, -0.05) is 0 Å². The maximum Gasteiger partial charge on any atom is 0.435 e. The molecule has 0 aliphatic carbocycles. The molecule has 0 aliphatic rings. The molecule has 96 valence electrons. The molecule has 2 heterocycles. The number of rotatable bonds is 2. The van der Waals surface area contributed by atoms with E-state index in [1.54, 1.807) is 0 Å². The summed E-state index contributed by atoms with van der Waals surface area (Å²) in [5.74, 6) is -1.11. The molecule has 0 saturated carbocycles. The molecule has 0 radical (unpaired) electrons. The Balaban J connectivity index is 2.44. The number of nitrogens with zero attached hydrogens (tertiary/aromatic N) is 2. The molecule has 0 aromatic carbocycles. The van der Waals surface area contributed by atoms with Crippen molar-refractivity contribution in [3.8, 4) is 10.6 Å². The number of carboxylic acids is 1. The number of thiophene rings is 1. The number of alkyl halides is 3. The fourth-order valence-electron chi connectivity index (χ4n) is 1.31. The zero-order valence-corrected chi connectivity index (χ0v) is 10.6. The molecular formula is C9H6F3N2O2PS. The van der Waals surface area contributed by atoms with Gasteiger partial charge in [0.1, 0.15) is 4.88 Å². The molecule has 0 aliphatic heterocycles. The molecule has 18 heavy (non-hydrogen) atoms. The number of aromatic carboxylic acids is 1. The standard InChI is InChI=1S/C9H6F3N2O2PS/c10-9(11,12)7-3-4(14(17)13-7)5-1-2-6(18-5)8(15)16/h1-3H,17H2,(H,15,16). The van der Waals surface area contributed by atoms with Crippen LogP contribution >= 0.6 is 20.7 Å². The minimum absolute atomic E-state index is 0.0600. The van der Waals surface area contributed by atoms with Crippen molar-refractivity contribution >= 4 is 26.7 Å². The predicted molar refractivity (Wildman–Crippen MR) is 62.6 cm³/mol. The van der Waals surface area contributed by atoms with E-state index in [0.717, 1.165) is 21.9 Å². The van der Waals surface area contributed by atoms with Crippen molar-refractivity contribution in [3.63, 3.8) is 0 Å². The van der Waals surface area contributed by atoms with Crippen molar-refractivity contribution in [2.45, 2.75) is 6.18 Å². The molecule has 2 rings (SSSR count). The smallest absolute Gasteiger partial charge is 0.435 e. The van der Waals surface area contributed by atoms with Gasteiger partial charge in [-0.3, -0.25) is 0 Å². The first kappa shape index (κ1) is 13.0. The van der Waals surface area contributed by atoms with Gasteiger partial charge in [-0.25, -0.2) is 9.25 Å². The second kappa shape index (κ2) is 4.37. The monoisotopic (exact) mass is 294 g/mol. The first-order chi connectivity index (χ1) is 8.29. The van der Waals surface area contributed by atoms with E-state index < -0.39 is 17.8 Å². The number of carboxylic acid groups (broad SMARTS) is 1. The molecule has 2 aromatic rings. The summed E-state index contributed by atoms with van der Waals surface area (Å²) < 4.78 is 38.4. The van der Waals surface area contributed by atoms with Crippen molar-refractivity contribution < 1.29 is 23.1 Å². The van der Waals surface area contributed by atoms with Crippen molar-refractivity contribution in [1.82, 2.24) is 9.55 Å². The average Bonchev–Trinajstić information content (AvgIpc) is 2.81. The van der Waals surface area contributed by atoms with Crippen molar-refractivity contribution in [2.24, 2.45) is 0 Å². The highest BCUT2D eigenvalue weighted by Gasteiger charge is 2.34. The van der Waals surface area contributed by atoms with Gasteiger partial charge in [0.2, 0.25) is 0 Å². The maximum atomic E-state index is 12.5. The van der Waals surface area contributed by atoms with Crippen molar-refractivity contribution in [2.75, 3.05) is 0 Å². The van der Waals surface area contributed by atoms with Crippen LogP contribution in [0.3, 0.4) is 0 Å². The van der Waals surface area contributed by atoms with E-state index in [1.807, 2.05) is 9.39 Å². The summed E-state index contributed by atoms with van der Waals surface area (Å²) in [6.07, 6.45) is -4.52. The number of hydrogen-bond donors (Lipinski definition) is 1. The van der Waals surface area contributed by atoms with E-state index >= 15 is 0 Å². The molecular weight excluding hydrogens is 288 g/mol. The number of halogens is 3. The highest BCUT2D eigenvalue weighted by atomic mass is 32.1. The van der Waals surface area contributed by atoms with Crippen LogP contribution in [-0.4, -0.2) is 20.6 Å². The van der Waals surface area contributed by atoms with Gasteiger partial charge in [0.25, 0.3) is 0 Å². The highest BCUT2D eigenvalue weighted by Crippen LogP contribution is 2.35. The van der Waals surface area contributed by atoms with Gasteiger partial charge in [0.15, 0.2) is 5.69 Å². The minimum Gasteiger partial charge on any atom is -0.477 e. The first-order valence-corrected chi connectivity index (χ1v) is 5.88. The van der Waals surface area contributed by atoms with E-state index in [0.29, 0.717) is 4.88 Å². The van der Waals surface area contributed by atoms with Gasteiger partial charge >= 0.3 is 12.1 Å². The van der Waals surface area contributed by atoms with Crippen LogP contribution in [0.25, 0.3) is 10.6 Å². The Morgan fingerprint density at radius 3 is 2.56 bits per heavy atom. The lowest BCUT2D eigenvalue weighted by Gasteiger charge is -1.98. The van der Waals surface area contributed by atoms with E-state index in [1.165, 1.54) is 12.1 Å². The third-order valence-electron chi connectivity index (χ3n) is 2.10. The Hall–Kier alpha value is -1.40. The fraction of sp³-hybridized carbons (Fsp3) is 0.111. The summed E-state index contributed by atoms with van der Waals surface area (Å²) >= 11 is 0.891. The molecule has 0 fully saturated rings. The van der Waals surface area contributed by atoms with Crippen LogP contribution in [0.5, 0.6) is 0 Å². The van der Waals surface area contributed by atoms with Crippen LogP contribution in [-0.2, 0) is 6.18 Å². The molecule has 1 N–H and O–H groups in total. The lowest BCUT2D eigenvalue weighted by molar-refractivity contribution is -0.141. The summed E-state index contributed by atoms with van der Waals surface area (Å²) in [6.45, 7) is 0. The van der Waals surface area contributed by atoms with Crippen LogP contribution < -0.4 is 0 Å². The molecule has 0 amide bonds. The molecule has 1 atom stereocenters. The molecule has 4 nitrogen and oxygen atoms in total. The number of carbonyl (C=O) groups is 1. The van der Waals surface area contributed by atoms with Crippen LogP contribution in [0.1, 0.15) is 15.4 Å². The Kier molecular flexibility index (Phi) is 3.16. The Labute approximate surface area is 105 Å².